The highest BCUT2D eigenvalue weighted by atomic mass is 79.9. The molecule has 1 aromatic carbocycles. The first-order valence-electron chi connectivity index (χ1n) is 7.55. The van der Waals surface area contributed by atoms with E-state index in [0.29, 0.717) is 0 Å². The Balaban J connectivity index is 3.24. The van der Waals surface area contributed by atoms with Crippen LogP contribution in [0.15, 0.2) is 41.4 Å². The lowest BCUT2D eigenvalue weighted by molar-refractivity contribution is -0.122. The Bertz CT molecular complexity index is 585. The van der Waals surface area contributed by atoms with E-state index in [0.717, 1.165) is 10.0 Å². The minimum atomic E-state index is -3.82. The fraction of sp³-hybridized carbons (Fsp3) is 0.471. The van der Waals surface area contributed by atoms with Gasteiger partial charge in [-0.2, -0.15) is 0 Å². The highest BCUT2D eigenvalue weighted by Gasteiger charge is 2.48. The summed E-state index contributed by atoms with van der Waals surface area (Å²) in [5.74, 6) is -0.308. The molecule has 0 aliphatic heterocycles. The van der Waals surface area contributed by atoms with Crippen molar-refractivity contribution >= 4 is 29.1 Å². The van der Waals surface area contributed by atoms with E-state index in [4.69, 9.17) is 9.05 Å². The first-order valence-corrected chi connectivity index (χ1v) is 9.88. The number of hydrogen-bond acceptors (Lipinski definition) is 4. The van der Waals surface area contributed by atoms with Crippen molar-refractivity contribution in [2.45, 2.75) is 33.6 Å². The molecule has 6 heteroatoms. The van der Waals surface area contributed by atoms with Gasteiger partial charge in [0.15, 0.2) is 0 Å². The van der Waals surface area contributed by atoms with Gasteiger partial charge < -0.3 is 9.05 Å². The van der Waals surface area contributed by atoms with E-state index in [1.807, 2.05) is 24.3 Å². The van der Waals surface area contributed by atoms with Crippen LogP contribution in [0.2, 0.25) is 0 Å². The van der Waals surface area contributed by atoms with Crippen LogP contribution < -0.4 is 0 Å². The summed E-state index contributed by atoms with van der Waals surface area (Å²) in [6, 6.07) is 7.63. The number of carbonyl (C=O) groups excluding carboxylic acids is 1. The van der Waals surface area contributed by atoms with Crippen molar-refractivity contribution < 1.29 is 18.4 Å². The second kappa shape index (κ2) is 8.39. The molecule has 0 aliphatic carbocycles. The SMILES string of the molecule is C=C[C@H](c1ccc(Br)cc1)C(C)(C)C(=O)P(=O)(OCC)OCC. The molecule has 0 N–H and O–H groups in total. The molecule has 0 spiro atoms. The largest absolute Gasteiger partial charge is 0.397 e. The summed E-state index contributed by atoms with van der Waals surface area (Å²) in [5.41, 5.74) is -0.585. The number of rotatable bonds is 9. The summed E-state index contributed by atoms with van der Waals surface area (Å²) < 4.78 is 24.2. The Kier molecular flexibility index (Phi) is 7.40. The van der Waals surface area contributed by atoms with Gasteiger partial charge in [-0.15, -0.1) is 6.58 Å². The zero-order chi connectivity index (χ0) is 17.7. The average Bonchev–Trinajstić information content (AvgIpc) is 2.49. The monoisotopic (exact) mass is 402 g/mol. The lowest BCUT2D eigenvalue weighted by Crippen LogP contribution is -2.31. The Morgan fingerprint density at radius 1 is 1.26 bits per heavy atom. The van der Waals surface area contributed by atoms with Crippen LogP contribution >= 0.6 is 23.5 Å². The van der Waals surface area contributed by atoms with Gasteiger partial charge >= 0.3 is 7.60 Å². The molecular weight excluding hydrogens is 379 g/mol. The number of halogens is 1. The van der Waals surface area contributed by atoms with Crippen molar-refractivity contribution in [2.75, 3.05) is 13.2 Å². The third-order valence-electron chi connectivity index (χ3n) is 3.64. The predicted molar refractivity (Wildman–Crippen MR) is 96.7 cm³/mol. The van der Waals surface area contributed by atoms with E-state index in [2.05, 4.69) is 22.5 Å². The molecule has 0 bridgehead atoms. The molecule has 128 valence electrons. The lowest BCUT2D eigenvalue weighted by Gasteiger charge is -2.33. The summed E-state index contributed by atoms with van der Waals surface area (Å²) >= 11 is 3.39. The van der Waals surface area contributed by atoms with Crippen LogP contribution in [-0.2, 0) is 18.4 Å². The van der Waals surface area contributed by atoms with Gasteiger partial charge in [0.25, 0.3) is 0 Å². The number of hydrogen-bond donors (Lipinski definition) is 0. The van der Waals surface area contributed by atoms with Gasteiger partial charge in [-0.05, 0) is 31.5 Å². The summed E-state index contributed by atoms with van der Waals surface area (Å²) in [5, 5.41) is 0. The molecule has 0 saturated carbocycles. The molecule has 4 nitrogen and oxygen atoms in total. The van der Waals surface area contributed by atoms with E-state index in [1.165, 1.54) is 0 Å². The fourth-order valence-corrected chi connectivity index (χ4v) is 4.60. The molecule has 23 heavy (non-hydrogen) atoms. The zero-order valence-corrected chi connectivity index (χ0v) is 16.5. The number of allylic oxidation sites excluding steroid dienone is 1. The molecule has 0 saturated heterocycles. The third kappa shape index (κ3) is 4.63. The normalized spacial score (nSPS) is 13.6. The third-order valence-corrected chi connectivity index (χ3v) is 6.44. The summed E-state index contributed by atoms with van der Waals surface area (Å²) in [6.45, 7) is 11.0. The van der Waals surface area contributed by atoms with E-state index in [9.17, 15) is 9.36 Å². The molecule has 0 radical (unpaired) electrons. The van der Waals surface area contributed by atoms with Crippen molar-refractivity contribution in [2.24, 2.45) is 5.41 Å². The van der Waals surface area contributed by atoms with Crippen LogP contribution in [0.3, 0.4) is 0 Å². The summed E-state index contributed by atoms with van der Waals surface area (Å²) in [7, 11) is -3.82. The second-order valence-corrected chi connectivity index (χ2v) is 8.46. The van der Waals surface area contributed by atoms with Crippen molar-refractivity contribution in [3.8, 4) is 0 Å². The quantitative estimate of drug-likeness (QED) is 0.402. The van der Waals surface area contributed by atoms with Crippen LogP contribution in [-0.4, -0.2) is 18.7 Å². The molecule has 0 aromatic heterocycles. The van der Waals surface area contributed by atoms with Crippen LogP contribution in [0, 0.1) is 5.41 Å². The smallest absolute Gasteiger partial charge is 0.303 e. The number of benzene rings is 1. The van der Waals surface area contributed by atoms with Gasteiger partial charge in [0.2, 0.25) is 5.52 Å². The van der Waals surface area contributed by atoms with Crippen LogP contribution in [0.4, 0.5) is 0 Å². The fourth-order valence-electron chi connectivity index (χ4n) is 2.50. The highest BCUT2D eigenvalue weighted by Crippen LogP contribution is 2.57. The second-order valence-electron chi connectivity index (χ2n) is 5.62. The van der Waals surface area contributed by atoms with E-state index in [-0.39, 0.29) is 19.1 Å². The van der Waals surface area contributed by atoms with Gasteiger partial charge in [0, 0.05) is 15.8 Å². The van der Waals surface area contributed by atoms with Crippen LogP contribution in [0.5, 0.6) is 0 Å². The molecule has 0 fully saturated rings. The van der Waals surface area contributed by atoms with Gasteiger partial charge in [-0.3, -0.25) is 9.36 Å². The van der Waals surface area contributed by atoms with Crippen molar-refractivity contribution in [1.29, 1.82) is 0 Å². The van der Waals surface area contributed by atoms with E-state index in [1.54, 1.807) is 33.8 Å². The molecule has 0 aliphatic rings. The maximum Gasteiger partial charge on any atom is 0.397 e. The summed E-state index contributed by atoms with van der Waals surface area (Å²) in [6.07, 6.45) is 1.70. The zero-order valence-electron chi connectivity index (χ0n) is 14.0. The van der Waals surface area contributed by atoms with Crippen molar-refractivity contribution in [1.82, 2.24) is 0 Å². The number of carbonyl (C=O) groups is 1. The Morgan fingerprint density at radius 2 is 1.74 bits per heavy atom. The molecule has 0 unspecified atom stereocenters. The Labute approximate surface area is 146 Å². The minimum Gasteiger partial charge on any atom is -0.303 e. The van der Waals surface area contributed by atoms with Gasteiger partial charge in [0.1, 0.15) is 0 Å². The lowest BCUT2D eigenvalue weighted by atomic mass is 9.76. The van der Waals surface area contributed by atoms with E-state index >= 15 is 0 Å². The highest BCUT2D eigenvalue weighted by molar-refractivity contribution is 9.10. The Hall–Kier alpha value is -0.740. The van der Waals surface area contributed by atoms with Crippen molar-refractivity contribution in [3.63, 3.8) is 0 Å². The maximum absolute atomic E-state index is 12.9. The van der Waals surface area contributed by atoms with Crippen molar-refractivity contribution in [3.05, 3.63) is 47.0 Å². The molecular formula is C17H24BrO4P. The maximum atomic E-state index is 12.9. The standard InChI is InChI=1S/C17H24BrO4P/c1-6-15(13-9-11-14(18)12-10-13)17(4,5)16(19)23(20,21-7-2)22-8-3/h6,9-12,15H,1,7-8H2,2-5H3/t15-/m1/s1. The van der Waals surface area contributed by atoms with E-state index < -0.39 is 18.5 Å². The van der Waals surface area contributed by atoms with Gasteiger partial charge in [0.05, 0.1) is 13.2 Å². The predicted octanol–water partition coefficient (Wildman–Crippen LogP) is 5.54. The molecule has 1 rings (SSSR count). The molecule has 1 atom stereocenters. The summed E-state index contributed by atoms with van der Waals surface area (Å²) in [4.78, 5) is 12.9. The molecule has 0 heterocycles. The van der Waals surface area contributed by atoms with Crippen LogP contribution in [0.25, 0.3) is 0 Å². The van der Waals surface area contributed by atoms with Gasteiger partial charge in [-0.1, -0.05) is 48.0 Å². The first kappa shape index (κ1) is 20.3. The molecule has 0 amide bonds. The van der Waals surface area contributed by atoms with Crippen LogP contribution in [0.1, 0.15) is 39.2 Å². The molecule has 1 aromatic rings. The Morgan fingerprint density at radius 3 is 2.13 bits per heavy atom. The first-order chi connectivity index (χ1) is 10.7. The minimum absolute atomic E-state index is 0.149. The topological polar surface area (TPSA) is 52.6 Å². The van der Waals surface area contributed by atoms with Gasteiger partial charge in [-0.25, -0.2) is 0 Å². The average molecular weight is 403 g/mol.